The normalized spacial score (nSPS) is 45.7. The summed E-state index contributed by atoms with van der Waals surface area (Å²) < 4.78 is 5.54. The Balaban J connectivity index is 2.15. The van der Waals surface area contributed by atoms with Crippen molar-refractivity contribution >= 4 is 0 Å². The van der Waals surface area contributed by atoms with E-state index < -0.39 is 0 Å². The van der Waals surface area contributed by atoms with Crippen molar-refractivity contribution in [2.45, 2.75) is 31.3 Å². The Morgan fingerprint density at radius 2 is 2.00 bits per heavy atom. The zero-order valence-corrected chi connectivity index (χ0v) is 7.05. The summed E-state index contributed by atoms with van der Waals surface area (Å²) in [5.41, 5.74) is -0.518. The third-order valence-corrected chi connectivity index (χ3v) is 3.30. The number of hydrogen-bond donors (Lipinski definition) is 1. The van der Waals surface area contributed by atoms with Gasteiger partial charge in [-0.25, -0.2) is 0 Å². The summed E-state index contributed by atoms with van der Waals surface area (Å²) in [6.07, 6.45) is 3.47. The highest BCUT2D eigenvalue weighted by atomic mass is 16.5. The highest BCUT2D eigenvalue weighted by molar-refractivity contribution is 5.09. The maximum absolute atomic E-state index is 9.11. The van der Waals surface area contributed by atoms with Crippen LogP contribution in [-0.2, 0) is 4.74 Å². The lowest BCUT2D eigenvalue weighted by molar-refractivity contribution is -0.183. The van der Waals surface area contributed by atoms with Crippen LogP contribution in [0, 0.1) is 16.7 Å². The van der Waals surface area contributed by atoms with Gasteiger partial charge in [0.2, 0.25) is 0 Å². The van der Waals surface area contributed by atoms with Crippen molar-refractivity contribution in [1.82, 2.24) is 0 Å². The van der Waals surface area contributed by atoms with Crippen molar-refractivity contribution in [3.05, 3.63) is 0 Å². The molecule has 3 nitrogen and oxygen atoms in total. The van der Waals surface area contributed by atoms with Crippen molar-refractivity contribution < 1.29 is 9.84 Å². The molecule has 0 aromatic rings. The van der Waals surface area contributed by atoms with Gasteiger partial charge in [-0.15, -0.1) is 0 Å². The van der Waals surface area contributed by atoms with Crippen molar-refractivity contribution in [3.8, 4) is 6.07 Å². The fraction of sp³-hybridized carbons (Fsp3) is 0.889. The maximum Gasteiger partial charge on any atom is 0.0914 e. The molecule has 2 heterocycles. The highest BCUT2D eigenvalue weighted by Gasteiger charge is 2.49. The molecule has 0 spiro atoms. The lowest BCUT2D eigenvalue weighted by Crippen LogP contribution is -2.52. The molecule has 0 atom stereocenters. The van der Waals surface area contributed by atoms with Gasteiger partial charge in [0, 0.05) is 0 Å². The first kappa shape index (κ1) is 8.03. The molecule has 1 N–H and O–H groups in total. The quantitative estimate of drug-likeness (QED) is 0.629. The fourth-order valence-corrected chi connectivity index (χ4v) is 2.11. The van der Waals surface area contributed by atoms with Gasteiger partial charge in [-0.05, 0) is 25.7 Å². The summed E-state index contributed by atoms with van der Waals surface area (Å²) in [6, 6.07) is 2.34. The standard InChI is InChI=1S/C9H13NO2/c10-5-8-1-3-9(6-11,4-2-8)12-7-8/h11H,1-4,6-7H2. The van der Waals surface area contributed by atoms with E-state index >= 15 is 0 Å². The van der Waals surface area contributed by atoms with E-state index in [0.29, 0.717) is 6.61 Å². The van der Waals surface area contributed by atoms with E-state index in [1.807, 2.05) is 0 Å². The van der Waals surface area contributed by atoms with Crippen LogP contribution in [0.3, 0.4) is 0 Å². The minimum absolute atomic E-state index is 0.106. The molecule has 2 bridgehead atoms. The van der Waals surface area contributed by atoms with Crippen molar-refractivity contribution in [2.24, 2.45) is 5.41 Å². The molecular weight excluding hydrogens is 154 g/mol. The highest BCUT2D eigenvalue weighted by Crippen LogP contribution is 2.48. The van der Waals surface area contributed by atoms with E-state index in [1.165, 1.54) is 0 Å². The summed E-state index contributed by atoms with van der Waals surface area (Å²) >= 11 is 0. The van der Waals surface area contributed by atoms with Crippen LogP contribution in [0.25, 0.3) is 0 Å². The van der Waals surface area contributed by atoms with Gasteiger partial charge in [0.25, 0.3) is 0 Å². The molecule has 3 heteroatoms. The second-order valence-corrected chi connectivity index (χ2v) is 4.02. The van der Waals surface area contributed by atoms with Crippen LogP contribution in [0.1, 0.15) is 25.7 Å². The molecule has 3 fully saturated rings. The Morgan fingerprint density at radius 3 is 2.33 bits per heavy atom. The van der Waals surface area contributed by atoms with Gasteiger partial charge >= 0.3 is 0 Å². The van der Waals surface area contributed by atoms with E-state index in [-0.39, 0.29) is 17.6 Å². The largest absolute Gasteiger partial charge is 0.393 e. The van der Waals surface area contributed by atoms with E-state index in [2.05, 4.69) is 6.07 Å². The van der Waals surface area contributed by atoms with Crippen molar-refractivity contribution in [1.29, 1.82) is 5.26 Å². The van der Waals surface area contributed by atoms with Gasteiger partial charge in [-0.2, -0.15) is 5.26 Å². The number of nitriles is 1. The topological polar surface area (TPSA) is 53.2 Å². The second kappa shape index (κ2) is 2.45. The minimum atomic E-state index is -0.293. The van der Waals surface area contributed by atoms with Crippen LogP contribution in [0.15, 0.2) is 0 Å². The van der Waals surface area contributed by atoms with Crippen LogP contribution >= 0.6 is 0 Å². The summed E-state index contributed by atoms with van der Waals surface area (Å²) in [4.78, 5) is 0. The van der Waals surface area contributed by atoms with Crippen molar-refractivity contribution in [3.63, 3.8) is 0 Å². The Labute approximate surface area is 71.9 Å². The predicted molar refractivity (Wildman–Crippen MR) is 42.3 cm³/mol. The number of aliphatic hydroxyl groups excluding tert-OH is 1. The summed E-state index contributed by atoms with van der Waals surface area (Å²) in [5.74, 6) is 0. The molecular formula is C9H13NO2. The third-order valence-electron chi connectivity index (χ3n) is 3.30. The zero-order valence-electron chi connectivity index (χ0n) is 7.05. The van der Waals surface area contributed by atoms with Gasteiger partial charge in [-0.3, -0.25) is 0 Å². The first-order valence-electron chi connectivity index (χ1n) is 4.40. The Kier molecular flexibility index (Phi) is 1.64. The van der Waals surface area contributed by atoms with E-state index in [1.54, 1.807) is 0 Å². The Hall–Kier alpha value is -0.590. The first-order valence-corrected chi connectivity index (χ1v) is 4.40. The lowest BCUT2D eigenvalue weighted by atomic mass is 9.67. The van der Waals surface area contributed by atoms with Crippen LogP contribution < -0.4 is 0 Å². The molecule has 0 aromatic heterocycles. The fourth-order valence-electron chi connectivity index (χ4n) is 2.11. The van der Waals surface area contributed by atoms with Crippen LogP contribution in [-0.4, -0.2) is 23.9 Å². The molecule has 12 heavy (non-hydrogen) atoms. The minimum Gasteiger partial charge on any atom is -0.393 e. The molecule has 0 amide bonds. The van der Waals surface area contributed by atoms with Gasteiger partial charge in [-0.1, -0.05) is 0 Å². The predicted octanol–water partition coefficient (Wildman–Crippen LogP) is 0.832. The molecule has 3 aliphatic rings. The molecule has 1 aliphatic carbocycles. The molecule has 0 aromatic carbocycles. The first-order chi connectivity index (χ1) is 5.74. The molecule has 1 saturated carbocycles. The van der Waals surface area contributed by atoms with E-state index in [9.17, 15) is 0 Å². The van der Waals surface area contributed by atoms with Crippen LogP contribution in [0.4, 0.5) is 0 Å². The molecule has 66 valence electrons. The lowest BCUT2D eigenvalue weighted by Gasteiger charge is -2.49. The van der Waals surface area contributed by atoms with E-state index in [4.69, 9.17) is 15.1 Å². The summed E-state index contributed by atoms with van der Waals surface area (Å²) in [5, 5.41) is 18.0. The van der Waals surface area contributed by atoms with Crippen LogP contribution in [0.2, 0.25) is 0 Å². The average molecular weight is 167 g/mol. The number of rotatable bonds is 1. The molecule has 3 rings (SSSR count). The maximum atomic E-state index is 9.11. The van der Waals surface area contributed by atoms with E-state index in [0.717, 1.165) is 25.7 Å². The van der Waals surface area contributed by atoms with Crippen LogP contribution in [0.5, 0.6) is 0 Å². The number of ether oxygens (including phenoxy) is 1. The number of nitrogens with zero attached hydrogens (tertiary/aromatic N) is 1. The molecule has 0 radical (unpaired) electrons. The average Bonchev–Trinajstić information content (AvgIpc) is 2.21. The number of hydrogen-bond acceptors (Lipinski definition) is 3. The Bertz CT molecular complexity index is 207. The smallest absolute Gasteiger partial charge is 0.0914 e. The van der Waals surface area contributed by atoms with Gasteiger partial charge in [0.05, 0.1) is 30.3 Å². The second-order valence-electron chi connectivity index (χ2n) is 4.02. The van der Waals surface area contributed by atoms with Gasteiger partial charge < -0.3 is 9.84 Å². The number of fused-ring (bicyclic) bond motifs is 3. The van der Waals surface area contributed by atoms with Gasteiger partial charge in [0.1, 0.15) is 0 Å². The molecule has 2 saturated heterocycles. The molecule has 0 unspecified atom stereocenters. The third kappa shape index (κ3) is 0.954. The molecule has 2 aliphatic heterocycles. The monoisotopic (exact) mass is 167 g/mol. The van der Waals surface area contributed by atoms with Crippen molar-refractivity contribution in [2.75, 3.05) is 13.2 Å². The zero-order chi connectivity index (χ0) is 8.66. The SMILES string of the molecule is N#CC12CCC(CO)(CC1)OC2. The summed E-state index contributed by atoms with van der Waals surface area (Å²) in [7, 11) is 0. The van der Waals surface area contributed by atoms with Gasteiger partial charge in [0.15, 0.2) is 0 Å². The number of aliphatic hydroxyl groups is 1. The summed E-state index contributed by atoms with van der Waals surface area (Å²) in [6.45, 7) is 0.624. The Morgan fingerprint density at radius 1 is 1.33 bits per heavy atom.